The topological polar surface area (TPSA) is 66.4 Å². The predicted octanol–water partition coefficient (Wildman–Crippen LogP) is 2.68. The van der Waals surface area contributed by atoms with Crippen molar-refractivity contribution >= 4 is 11.9 Å². The van der Waals surface area contributed by atoms with Crippen molar-refractivity contribution in [3.63, 3.8) is 0 Å². The highest BCUT2D eigenvalue weighted by Crippen LogP contribution is 2.15. The van der Waals surface area contributed by atoms with E-state index in [0.717, 1.165) is 19.3 Å². The number of nitrogens with one attached hydrogen (secondary N) is 1. The molecule has 2 atom stereocenters. The van der Waals surface area contributed by atoms with Gasteiger partial charge in [0.15, 0.2) is 0 Å². The molecule has 4 heteroatoms. The normalized spacial score (nSPS) is 14.3. The van der Waals surface area contributed by atoms with Crippen LogP contribution in [0.4, 0.5) is 0 Å². The molecule has 106 valence electrons. The van der Waals surface area contributed by atoms with Crippen molar-refractivity contribution < 1.29 is 14.7 Å². The first-order chi connectivity index (χ1) is 8.36. The Kier molecular flexibility index (Phi) is 8.42. The van der Waals surface area contributed by atoms with Gasteiger partial charge in [-0.05, 0) is 24.7 Å². The number of carbonyl (C=O) groups is 2. The van der Waals surface area contributed by atoms with Crippen LogP contribution in [0.1, 0.15) is 53.4 Å². The Morgan fingerprint density at radius 1 is 1.22 bits per heavy atom. The number of hydrogen-bond donors (Lipinski definition) is 2. The zero-order valence-electron chi connectivity index (χ0n) is 12.0. The van der Waals surface area contributed by atoms with E-state index in [0.29, 0.717) is 12.5 Å². The first kappa shape index (κ1) is 16.9. The Morgan fingerprint density at radius 3 is 2.28 bits per heavy atom. The highest BCUT2D eigenvalue weighted by atomic mass is 16.4. The number of carboxylic acid groups (broad SMARTS) is 1. The molecule has 1 amide bonds. The molecule has 0 aromatic heterocycles. The van der Waals surface area contributed by atoms with Gasteiger partial charge in [0.1, 0.15) is 0 Å². The molecule has 0 radical (unpaired) electrons. The molecule has 18 heavy (non-hydrogen) atoms. The molecule has 0 aliphatic rings. The van der Waals surface area contributed by atoms with Crippen molar-refractivity contribution in [1.29, 1.82) is 0 Å². The van der Waals surface area contributed by atoms with Crippen molar-refractivity contribution in [1.82, 2.24) is 5.32 Å². The number of carbonyl (C=O) groups excluding carboxylic acids is 1. The van der Waals surface area contributed by atoms with Crippen LogP contribution in [0.3, 0.4) is 0 Å². The third-order valence-corrected chi connectivity index (χ3v) is 3.00. The summed E-state index contributed by atoms with van der Waals surface area (Å²) in [5, 5.41) is 11.7. The molecule has 2 unspecified atom stereocenters. The van der Waals surface area contributed by atoms with E-state index in [2.05, 4.69) is 26.1 Å². The first-order valence-electron chi connectivity index (χ1n) is 6.86. The number of carboxylic acids is 1. The first-order valence-corrected chi connectivity index (χ1v) is 6.86. The van der Waals surface area contributed by atoms with Crippen LogP contribution in [0.5, 0.6) is 0 Å². The summed E-state index contributed by atoms with van der Waals surface area (Å²) in [6, 6.07) is 0. The van der Waals surface area contributed by atoms with Gasteiger partial charge in [-0.2, -0.15) is 0 Å². The van der Waals surface area contributed by atoms with Crippen LogP contribution in [0.2, 0.25) is 0 Å². The molecule has 0 heterocycles. The summed E-state index contributed by atoms with van der Waals surface area (Å²) >= 11 is 0. The maximum Gasteiger partial charge on any atom is 0.303 e. The summed E-state index contributed by atoms with van der Waals surface area (Å²) in [6.45, 7) is 8.56. The fourth-order valence-corrected chi connectivity index (χ4v) is 2.14. The van der Waals surface area contributed by atoms with E-state index in [4.69, 9.17) is 5.11 Å². The summed E-state index contributed by atoms with van der Waals surface area (Å²) in [4.78, 5) is 22.5. The van der Waals surface area contributed by atoms with Crippen LogP contribution >= 0.6 is 0 Å². The molecule has 4 nitrogen and oxygen atoms in total. The molecular formula is C14H27NO3. The second kappa shape index (κ2) is 8.95. The lowest BCUT2D eigenvalue weighted by atomic mass is 9.94. The molecule has 0 aromatic carbocycles. The Bertz CT molecular complexity index is 264. The molecule has 2 N–H and O–H groups in total. The van der Waals surface area contributed by atoms with Gasteiger partial charge in [0.2, 0.25) is 5.91 Å². The zero-order chi connectivity index (χ0) is 14.1. The van der Waals surface area contributed by atoms with E-state index >= 15 is 0 Å². The van der Waals surface area contributed by atoms with Crippen LogP contribution in [-0.4, -0.2) is 23.5 Å². The number of hydrogen-bond acceptors (Lipinski definition) is 2. The quantitative estimate of drug-likeness (QED) is 0.667. The lowest BCUT2D eigenvalue weighted by molar-refractivity contribution is -0.138. The highest BCUT2D eigenvalue weighted by molar-refractivity contribution is 5.78. The maximum absolute atomic E-state index is 11.8. The molecule has 0 saturated heterocycles. The van der Waals surface area contributed by atoms with Crippen LogP contribution in [0, 0.1) is 17.8 Å². The van der Waals surface area contributed by atoms with Gasteiger partial charge in [0.05, 0.1) is 0 Å². The Morgan fingerprint density at radius 2 is 1.83 bits per heavy atom. The lowest BCUT2D eigenvalue weighted by Crippen LogP contribution is -2.34. The average Bonchev–Trinajstić information content (AvgIpc) is 2.24. The average molecular weight is 257 g/mol. The van der Waals surface area contributed by atoms with Crippen LogP contribution in [-0.2, 0) is 9.59 Å². The van der Waals surface area contributed by atoms with Gasteiger partial charge >= 0.3 is 5.97 Å². The Balaban J connectivity index is 4.16. The van der Waals surface area contributed by atoms with E-state index in [-0.39, 0.29) is 24.2 Å². The second-order valence-corrected chi connectivity index (χ2v) is 5.53. The summed E-state index contributed by atoms with van der Waals surface area (Å²) in [5.74, 6) is -0.272. The third-order valence-electron chi connectivity index (χ3n) is 3.00. The smallest absolute Gasteiger partial charge is 0.303 e. The Hall–Kier alpha value is -1.06. The van der Waals surface area contributed by atoms with E-state index < -0.39 is 5.97 Å². The summed E-state index contributed by atoms with van der Waals surface area (Å²) in [7, 11) is 0. The van der Waals surface area contributed by atoms with Crippen molar-refractivity contribution in [3.05, 3.63) is 0 Å². The fourth-order valence-electron chi connectivity index (χ4n) is 2.14. The molecule has 0 aromatic rings. The van der Waals surface area contributed by atoms with Gasteiger partial charge in [-0.1, -0.05) is 34.1 Å². The molecule has 0 saturated carbocycles. The summed E-state index contributed by atoms with van der Waals surface area (Å²) in [6.07, 6.45) is 2.81. The number of rotatable bonds is 9. The minimum atomic E-state index is -0.795. The van der Waals surface area contributed by atoms with Gasteiger partial charge in [-0.15, -0.1) is 0 Å². The Labute approximate surface area is 110 Å². The standard InChI is InChI=1S/C14H27NO3/c1-5-6-11(4)14(18)15-9-12(7-10(2)3)8-13(16)17/h10-12H,5-9H2,1-4H3,(H,15,18)(H,16,17). The van der Waals surface area contributed by atoms with Crippen LogP contribution in [0.15, 0.2) is 0 Å². The highest BCUT2D eigenvalue weighted by Gasteiger charge is 2.18. The third kappa shape index (κ3) is 8.09. The van der Waals surface area contributed by atoms with E-state index in [1.165, 1.54) is 0 Å². The molecule has 0 rings (SSSR count). The van der Waals surface area contributed by atoms with Gasteiger partial charge in [-0.25, -0.2) is 0 Å². The minimum absolute atomic E-state index is 0.0135. The van der Waals surface area contributed by atoms with Crippen molar-refractivity contribution in [2.75, 3.05) is 6.54 Å². The van der Waals surface area contributed by atoms with Gasteiger partial charge in [0, 0.05) is 18.9 Å². The predicted molar refractivity (Wildman–Crippen MR) is 72.3 cm³/mol. The van der Waals surface area contributed by atoms with Crippen molar-refractivity contribution in [3.8, 4) is 0 Å². The van der Waals surface area contributed by atoms with Crippen LogP contribution in [0.25, 0.3) is 0 Å². The van der Waals surface area contributed by atoms with Gasteiger partial charge in [0.25, 0.3) is 0 Å². The van der Waals surface area contributed by atoms with E-state index in [1.807, 2.05) is 6.92 Å². The molecule has 0 bridgehead atoms. The van der Waals surface area contributed by atoms with Crippen LogP contribution < -0.4 is 5.32 Å². The monoisotopic (exact) mass is 257 g/mol. The van der Waals surface area contributed by atoms with Gasteiger partial charge < -0.3 is 10.4 Å². The minimum Gasteiger partial charge on any atom is -0.481 e. The van der Waals surface area contributed by atoms with Crippen molar-refractivity contribution in [2.24, 2.45) is 17.8 Å². The van der Waals surface area contributed by atoms with E-state index in [1.54, 1.807) is 0 Å². The molecular weight excluding hydrogens is 230 g/mol. The molecule has 0 spiro atoms. The van der Waals surface area contributed by atoms with E-state index in [9.17, 15) is 9.59 Å². The fraction of sp³-hybridized carbons (Fsp3) is 0.857. The molecule has 0 aliphatic carbocycles. The molecule has 0 aliphatic heterocycles. The zero-order valence-corrected chi connectivity index (χ0v) is 12.0. The SMILES string of the molecule is CCCC(C)C(=O)NCC(CC(=O)O)CC(C)C. The summed E-state index contributed by atoms with van der Waals surface area (Å²) < 4.78 is 0. The lowest BCUT2D eigenvalue weighted by Gasteiger charge is -2.19. The maximum atomic E-state index is 11.8. The number of amides is 1. The molecule has 0 fully saturated rings. The van der Waals surface area contributed by atoms with Crippen molar-refractivity contribution in [2.45, 2.75) is 53.4 Å². The number of aliphatic carboxylic acids is 1. The largest absolute Gasteiger partial charge is 0.481 e. The summed E-state index contributed by atoms with van der Waals surface area (Å²) in [5.41, 5.74) is 0. The van der Waals surface area contributed by atoms with Gasteiger partial charge in [-0.3, -0.25) is 9.59 Å². The second-order valence-electron chi connectivity index (χ2n) is 5.53.